The van der Waals surface area contributed by atoms with E-state index in [1.165, 1.54) is 37.9 Å². The van der Waals surface area contributed by atoms with Crippen LogP contribution in [0.1, 0.15) is 28.4 Å². The van der Waals surface area contributed by atoms with Gasteiger partial charge in [-0.3, -0.25) is 14.4 Å². The minimum atomic E-state index is -1.21. The molecule has 2 atom stereocenters. The van der Waals surface area contributed by atoms with E-state index in [1.807, 2.05) is 0 Å². The highest BCUT2D eigenvalue weighted by Gasteiger charge is 2.30. The van der Waals surface area contributed by atoms with Crippen molar-refractivity contribution >= 4 is 35.5 Å². The average molecular weight is 466 g/mol. The standard InChI is InChI=1S/C21H27N3O7S/c1-5-6-22-19(27)15-10-32-9-13-16(26)7-17(30-4)11(2)18(13)21(29)31-8-14(20(28)24-15)23-12(3)25/h5,7,14-15,26H,1,6,8-10H2,2-4H3,(H,22,27)(H,23,25)(H,24,28)/t14-,15+/m0/s1. The molecule has 0 spiro atoms. The molecule has 1 aliphatic rings. The number of amides is 3. The topological polar surface area (TPSA) is 143 Å². The molecule has 10 nitrogen and oxygen atoms in total. The summed E-state index contributed by atoms with van der Waals surface area (Å²) in [6.45, 7) is 6.17. The van der Waals surface area contributed by atoms with Crippen molar-refractivity contribution in [2.24, 2.45) is 0 Å². The molecule has 0 aromatic heterocycles. The van der Waals surface area contributed by atoms with Crippen molar-refractivity contribution in [2.45, 2.75) is 31.7 Å². The molecular weight excluding hydrogens is 438 g/mol. The Morgan fingerprint density at radius 3 is 2.78 bits per heavy atom. The average Bonchev–Trinajstić information content (AvgIpc) is 2.74. The number of carbonyl (C=O) groups is 4. The Morgan fingerprint density at radius 2 is 2.16 bits per heavy atom. The van der Waals surface area contributed by atoms with Crippen LogP contribution in [-0.4, -0.2) is 66.9 Å². The van der Waals surface area contributed by atoms with Gasteiger partial charge in [0.2, 0.25) is 17.7 Å². The van der Waals surface area contributed by atoms with Crippen LogP contribution in [0.4, 0.5) is 0 Å². The van der Waals surface area contributed by atoms with Gasteiger partial charge < -0.3 is 30.5 Å². The summed E-state index contributed by atoms with van der Waals surface area (Å²) >= 11 is 1.24. The number of aromatic hydroxyl groups is 1. The quantitative estimate of drug-likeness (QED) is 0.362. The first-order chi connectivity index (χ1) is 15.2. The fourth-order valence-corrected chi connectivity index (χ4v) is 4.21. The number of carbonyl (C=O) groups excluding carboxylic acids is 4. The molecule has 2 rings (SSSR count). The van der Waals surface area contributed by atoms with Crippen LogP contribution in [0.2, 0.25) is 0 Å². The van der Waals surface area contributed by atoms with Crippen molar-refractivity contribution in [1.82, 2.24) is 16.0 Å². The highest BCUT2D eigenvalue weighted by Crippen LogP contribution is 2.35. The Hall–Kier alpha value is -3.21. The summed E-state index contributed by atoms with van der Waals surface area (Å²) in [6.07, 6.45) is 1.51. The van der Waals surface area contributed by atoms with Crippen LogP contribution in [0.3, 0.4) is 0 Å². The van der Waals surface area contributed by atoms with Gasteiger partial charge in [-0.25, -0.2) is 4.79 Å². The molecule has 0 bridgehead atoms. The number of methoxy groups -OCH3 is 1. The second-order valence-corrected chi connectivity index (χ2v) is 8.07. The van der Waals surface area contributed by atoms with Crippen molar-refractivity contribution < 1.29 is 33.8 Å². The van der Waals surface area contributed by atoms with Gasteiger partial charge >= 0.3 is 5.97 Å². The molecule has 1 aromatic rings. The highest BCUT2D eigenvalue weighted by molar-refractivity contribution is 7.98. The van der Waals surface area contributed by atoms with Crippen LogP contribution in [0, 0.1) is 6.92 Å². The molecule has 0 radical (unpaired) electrons. The first-order valence-electron chi connectivity index (χ1n) is 9.79. The fraction of sp³-hybridized carbons (Fsp3) is 0.429. The van der Waals surface area contributed by atoms with Gasteiger partial charge in [-0.05, 0) is 6.92 Å². The minimum absolute atomic E-state index is 0.115. The van der Waals surface area contributed by atoms with Crippen molar-refractivity contribution in [2.75, 3.05) is 26.0 Å². The van der Waals surface area contributed by atoms with Crippen LogP contribution in [-0.2, 0) is 24.9 Å². The fourth-order valence-electron chi connectivity index (χ4n) is 3.12. The number of fused-ring (bicyclic) bond motifs is 1. The monoisotopic (exact) mass is 465 g/mol. The first-order valence-corrected chi connectivity index (χ1v) is 10.9. The molecular formula is C21H27N3O7S. The van der Waals surface area contributed by atoms with Crippen molar-refractivity contribution in [3.63, 3.8) is 0 Å². The van der Waals surface area contributed by atoms with Crippen LogP contribution < -0.4 is 20.7 Å². The maximum atomic E-state index is 12.9. The van der Waals surface area contributed by atoms with Gasteiger partial charge in [-0.2, -0.15) is 11.8 Å². The van der Waals surface area contributed by atoms with Gasteiger partial charge in [0.05, 0.1) is 12.7 Å². The maximum absolute atomic E-state index is 12.9. The van der Waals surface area contributed by atoms with Gasteiger partial charge in [-0.15, -0.1) is 6.58 Å². The lowest BCUT2D eigenvalue weighted by molar-refractivity contribution is -0.132. The molecule has 0 saturated carbocycles. The number of benzene rings is 1. The third kappa shape index (κ3) is 6.16. The number of hydrogen-bond donors (Lipinski definition) is 4. The molecule has 1 aliphatic heterocycles. The zero-order valence-electron chi connectivity index (χ0n) is 18.1. The zero-order valence-corrected chi connectivity index (χ0v) is 19.0. The molecule has 1 heterocycles. The Labute approximate surface area is 190 Å². The van der Waals surface area contributed by atoms with E-state index < -0.39 is 42.4 Å². The molecule has 0 aliphatic carbocycles. The molecule has 0 saturated heterocycles. The summed E-state index contributed by atoms with van der Waals surface area (Å²) < 4.78 is 10.5. The summed E-state index contributed by atoms with van der Waals surface area (Å²) in [4.78, 5) is 49.7. The van der Waals surface area contributed by atoms with Gasteiger partial charge in [0.25, 0.3) is 0 Å². The normalized spacial score (nSPS) is 19.2. The minimum Gasteiger partial charge on any atom is -0.507 e. The summed E-state index contributed by atoms with van der Waals surface area (Å²) in [5, 5.41) is 18.1. The second kappa shape index (κ2) is 11.4. The summed E-state index contributed by atoms with van der Waals surface area (Å²) in [5.74, 6) is -1.90. The predicted molar refractivity (Wildman–Crippen MR) is 119 cm³/mol. The third-order valence-electron chi connectivity index (χ3n) is 4.71. The van der Waals surface area contributed by atoms with Crippen LogP contribution in [0.15, 0.2) is 18.7 Å². The van der Waals surface area contributed by atoms with Gasteiger partial charge in [-0.1, -0.05) is 6.08 Å². The Balaban J connectivity index is 2.46. The molecule has 4 N–H and O–H groups in total. The van der Waals surface area contributed by atoms with E-state index in [0.717, 1.165) is 0 Å². The number of cyclic esters (lactones) is 1. The lowest BCUT2D eigenvalue weighted by Crippen LogP contribution is -2.56. The van der Waals surface area contributed by atoms with Gasteiger partial charge in [0, 0.05) is 42.2 Å². The van der Waals surface area contributed by atoms with E-state index in [0.29, 0.717) is 16.9 Å². The number of thioether (sulfide) groups is 1. The predicted octanol–water partition coefficient (Wildman–Crippen LogP) is 0.405. The number of rotatable bonds is 5. The van der Waals surface area contributed by atoms with E-state index in [2.05, 4.69) is 22.5 Å². The van der Waals surface area contributed by atoms with Gasteiger partial charge in [0.15, 0.2) is 0 Å². The molecule has 0 fully saturated rings. The number of nitrogens with one attached hydrogen (secondary N) is 3. The number of esters is 1. The Bertz CT molecular complexity index is 919. The van der Waals surface area contributed by atoms with Crippen LogP contribution in [0.5, 0.6) is 11.5 Å². The lowest BCUT2D eigenvalue weighted by atomic mass is 10.0. The van der Waals surface area contributed by atoms with E-state index in [-0.39, 0.29) is 29.4 Å². The number of phenols is 1. The Kier molecular flexibility index (Phi) is 8.94. The van der Waals surface area contributed by atoms with Crippen LogP contribution in [0.25, 0.3) is 0 Å². The van der Waals surface area contributed by atoms with Crippen LogP contribution >= 0.6 is 11.8 Å². The van der Waals surface area contributed by atoms with E-state index in [4.69, 9.17) is 9.47 Å². The first kappa shape index (κ1) is 25.1. The lowest BCUT2D eigenvalue weighted by Gasteiger charge is -2.24. The Morgan fingerprint density at radius 1 is 1.44 bits per heavy atom. The summed E-state index contributed by atoms with van der Waals surface area (Å²) in [5.41, 5.74) is 0.903. The van der Waals surface area contributed by atoms with E-state index in [1.54, 1.807) is 6.92 Å². The number of ether oxygens (including phenoxy) is 2. The number of hydrogen-bond acceptors (Lipinski definition) is 8. The summed E-state index contributed by atoms with van der Waals surface area (Å²) in [7, 11) is 1.41. The number of phenolic OH excluding ortho intramolecular Hbond substituents is 1. The van der Waals surface area contributed by atoms with E-state index >= 15 is 0 Å². The second-order valence-electron chi connectivity index (χ2n) is 7.04. The van der Waals surface area contributed by atoms with E-state index in [9.17, 15) is 24.3 Å². The SMILES string of the molecule is C=CCNC(=O)[C@H]1CSCc2c(O)cc(OC)c(C)c2C(=O)OC[C@H](NC(C)=O)C(=O)N1. The molecule has 174 valence electrons. The third-order valence-corrected chi connectivity index (χ3v) is 5.77. The molecule has 32 heavy (non-hydrogen) atoms. The van der Waals surface area contributed by atoms with Gasteiger partial charge in [0.1, 0.15) is 30.2 Å². The molecule has 1 aromatic carbocycles. The smallest absolute Gasteiger partial charge is 0.339 e. The van der Waals surface area contributed by atoms with Crippen molar-refractivity contribution in [3.8, 4) is 11.5 Å². The maximum Gasteiger partial charge on any atom is 0.339 e. The largest absolute Gasteiger partial charge is 0.507 e. The highest BCUT2D eigenvalue weighted by atomic mass is 32.2. The van der Waals surface area contributed by atoms with Crippen molar-refractivity contribution in [1.29, 1.82) is 0 Å². The molecule has 0 unspecified atom stereocenters. The summed E-state index contributed by atoms with van der Waals surface area (Å²) in [6, 6.07) is -0.730. The van der Waals surface area contributed by atoms with Crippen molar-refractivity contribution in [3.05, 3.63) is 35.4 Å². The molecule has 3 amide bonds. The molecule has 11 heteroatoms. The zero-order chi connectivity index (χ0) is 23.8.